The van der Waals surface area contributed by atoms with Crippen molar-refractivity contribution in [3.8, 4) is 0 Å². The van der Waals surface area contributed by atoms with Gasteiger partial charge in [0, 0.05) is 0 Å². The first kappa shape index (κ1) is 7.20. The third-order valence-corrected chi connectivity index (χ3v) is 1.18. The second-order valence-electron chi connectivity index (χ2n) is 1.62. The van der Waals surface area contributed by atoms with Crippen molar-refractivity contribution < 1.29 is 9.90 Å². The van der Waals surface area contributed by atoms with Gasteiger partial charge in [-0.05, 0) is 15.9 Å². The maximum atomic E-state index is 10.1. The number of halogens is 1. The zero-order valence-corrected chi connectivity index (χ0v) is 6.42. The summed E-state index contributed by atoms with van der Waals surface area (Å²) in [5.41, 5.74) is 0. The summed E-state index contributed by atoms with van der Waals surface area (Å²) < 4.78 is 0.378. The maximum absolute atomic E-state index is 10.1. The van der Waals surface area contributed by atoms with Crippen LogP contribution in [0.5, 0.6) is 0 Å². The van der Waals surface area contributed by atoms with Gasteiger partial charge in [-0.25, -0.2) is 4.98 Å². The van der Waals surface area contributed by atoms with Crippen LogP contribution < -0.4 is 0 Å². The number of aliphatic carboxylic acids is 1. The van der Waals surface area contributed by atoms with Crippen LogP contribution in [-0.4, -0.2) is 26.3 Å². The highest BCUT2D eigenvalue weighted by molar-refractivity contribution is 9.10. The molecule has 0 atom stereocenters. The fraction of sp³-hybridized carbons (Fsp3) is 0.250. The largest absolute Gasteiger partial charge is 0.481 e. The Morgan fingerprint density at radius 3 is 2.90 bits per heavy atom. The molecule has 0 aliphatic heterocycles. The minimum Gasteiger partial charge on any atom is -0.481 e. The molecule has 0 bridgehead atoms. The Balaban J connectivity index is 2.67. The minimum atomic E-state index is -0.927. The van der Waals surface area contributed by atoms with Crippen molar-refractivity contribution in [2.45, 2.75) is 6.42 Å². The lowest BCUT2D eigenvalue weighted by molar-refractivity contribution is -0.136. The summed E-state index contributed by atoms with van der Waals surface area (Å²) in [5, 5.41) is 14.3. The molecule has 0 aliphatic carbocycles. The Labute approximate surface area is 64.6 Å². The van der Waals surface area contributed by atoms with Crippen LogP contribution in [0.15, 0.2) is 4.73 Å². The standard InChI is InChI=1S/C4H4BrN3O2/c5-4-6-2(7-8-4)1-3(9)10/h1H2,(H,9,10)(H,6,7,8). The highest BCUT2D eigenvalue weighted by Crippen LogP contribution is 2.00. The molecule has 10 heavy (non-hydrogen) atoms. The van der Waals surface area contributed by atoms with Gasteiger partial charge >= 0.3 is 5.97 Å². The van der Waals surface area contributed by atoms with Gasteiger partial charge in [0.05, 0.1) is 0 Å². The quantitative estimate of drug-likeness (QED) is 0.723. The monoisotopic (exact) mass is 205 g/mol. The maximum Gasteiger partial charge on any atom is 0.311 e. The van der Waals surface area contributed by atoms with Crippen molar-refractivity contribution >= 4 is 21.9 Å². The van der Waals surface area contributed by atoms with Gasteiger partial charge in [-0.1, -0.05) is 0 Å². The van der Waals surface area contributed by atoms with Gasteiger partial charge in [-0.2, -0.15) is 0 Å². The van der Waals surface area contributed by atoms with Gasteiger partial charge in [-0.3, -0.25) is 9.89 Å². The molecule has 2 N–H and O–H groups in total. The molecular formula is C4H4BrN3O2. The molecule has 0 unspecified atom stereocenters. The number of nitrogens with zero attached hydrogens (tertiary/aromatic N) is 2. The van der Waals surface area contributed by atoms with Gasteiger partial charge in [-0.15, -0.1) is 5.10 Å². The predicted octanol–water partition coefficient (Wildman–Crippen LogP) is 0.194. The number of carboxylic acids is 1. The number of carbonyl (C=O) groups is 1. The summed E-state index contributed by atoms with van der Waals surface area (Å²) in [7, 11) is 0. The smallest absolute Gasteiger partial charge is 0.311 e. The molecule has 0 aliphatic rings. The molecule has 1 rings (SSSR count). The summed E-state index contributed by atoms with van der Waals surface area (Å²) >= 11 is 2.98. The fourth-order valence-electron chi connectivity index (χ4n) is 0.494. The number of nitrogens with one attached hydrogen (secondary N) is 1. The van der Waals surface area contributed by atoms with Crippen LogP contribution in [-0.2, 0) is 11.2 Å². The molecule has 5 nitrogen and oxygen atoms in total. The molecule has 6 heteroatoms. The lowest BCUT2D eigenvalue weighted by atomic mass is 10.4. The third-order valence-electron chi connectivity index (χ3n) is 0.823. The normalized spacial score (nSPS) is 9.70. The molecule has 1 aromatic rings. The molecule has 0 aromatic carbocycles. The Bertz CT molecular complexity index is 246. The second kappa shape index (κ2) is 2.78. The zero-order valence-electron chi connectivity index (χ0n) is 4.83. The van der Waals surface area contributed by atoms with Gasteiger partial charge in [0.1, 0.15) is 12.2 Å². The molecule has 1 aromatic heterocycles. The molecule has 0 radical (unpaired) electrons. The summed E-state index contributed by atoms with van der Waals surface area (Å²) in [6.45, 7) is 0. The Morgan fingerprint density at radius 1 is 1.80 bits per heavy atom. The van der Waals surface area contributed by atoms with Crippen molar-refractivity contribution in [1.29, 1.82) is 0 Å². The summed E-state index contributed by atoms with van der Waals surface area (Å²) in [5.74, 6) is -0.581. The SMILES string of the molecule is O=C(O)Cc1nc(Br)n[nH]1. The van der Waals surface area contributed by atoms with E-state index in [1.54, 1.807) is 0 Å². The number of hydrogen-bond donors (Lipinski definition) is 2. The average Bonchev–Trinajstić information content (AvgIpc) is 2.13. The highest BCUT2D eigenvalue weighted by Gasteiger charge is 2.03. The van der Waals surface area contributed by atoms with E-state index in [1.165, 1.54) is 0 Å². The predicted molar refractivity (Wildman–Crippen MR) is 35.4 cm³/mol. The number of H-pyrrole nitrogens is 1. The first-order chi connectivity index (χ1) is 4.68. The van der Waals surface area contributed by atoms with E-state index in [9.17, 15) is 4.79 Å². The molecular weight excluding hydrogens is 202 g/mol. The van der Waals surface area contributed by atoms with E-state index < -0.39 is 5.97 Å². The number of aromatic amines is 1. The van der Waals surface area contributed by atoms with Crippen LogP contribution in [0.2, 0.25) is 0 Å². The molecule has 0 saturated carbocycles. The number of aromatic nitrogens is 3. The molecule has 0 saturated heterocycles. The first-order valence-corrected chi connectivity index (χ1v) is 3.26. The van der Waals surface area contributed by atoms with E-state index in [0.29, 0.717) is 10.6 Å². The number of hydrogen-bond acceptors (Lipinski definition) is 3. The van der Waals surface area contributed by atoms with Gasteiger partial charge < -0.3 is 5.11 Å². The number of rotatable bonds is 2. The third kappa shape index (κ3) is 1.80. The van der Waals surface area contributed by atoms with E-state index in [2.05, 4.69) is 31.1 Å². The van der Waals surface area contributed by atoms with Crippen LogP contribution in [0.25, 0.3) is 0 Å². The zero-order chi connectivity index (χ0) is 7.56. The van der Waals surface area contributed by atoms with Crippen molar-refractivity contribution in [3.05, 3.63) is 10.6 Å². The Morgan fingerprint density at radius 2 is 2.50 bits per heavy atom. The lowest BCUT2D eigenvalue weighted by Crippen LogP contribution is -2.01. The van der Waals surface area contributed by atoms with E-state index in [-0.39, 0.29) is 6.42 Å². The minimum absolute atomic E-state index is 0.126. The Hall–Kier alpha value is -0.910. The second-order valence-corrected chi connectivity index (χ2v) is 2.33. The molecule has 0 spiro atoms. The highest BCUT2D eigenvalue weighted by atomic mass is 79.9. The van der Waals surface area contributed by atoms with Crippen LogP contribution in [0.1, 0.15) is 5.82 Å². The summed E-state index contributed by atoms with van der Waals surface area (Å²) in [6.07, 6.45) is -0.126. The van der Waals surface area contributed by atoms with Crippen molar-refractivity contribution in [3.63, 3.8) is 0 Å². The van der Waals surface area contributed by atoms with Gasteiger partial charge in [0.2, 0.25) is 4.73 Å². The van der Waals surface area contributed by atoms with E-state index in [4.69, 9.17) is 5.11 Å². The van der Waals surface area contributed by atoms with Crippen LogP contribution in [0, 0.1) is 0 Å². The Kier molecular flexibility index (Phi) is 2.00. The van der Waals surface area contributed by atoms with Crippen molar-refractivity contribution in [2.75, 3.05) is 0 Å². The van der Waals surface area contributed by atoms with E-state index >= 15 is 0 Å². The summed E-state index contributed by atoms with van der Waals surface area (Å²) in [6, 6.07) is 0. The van der Waals surface area contributed by atoms with Crippen molar-refractivity contribution in [1.82, 2.24) is 15.2 Å². The van der Waals surface area contributed by atoms with Crippen LogP contribution in [0.3, 0.4) is 0 Å². The van der Waals surface area contributed by atoms with E-state index in [0.717, 1.165) is 0 Å². The molecule has 0 amide bonds. The summed E-state index contributed by atoms with van der Waals surface area (Å²) in [4.78, 5) is 13.8. The molecule has 54 valence electrons. The molecule has 1 heterocycles. The lowest BCUT2D eigenvalue weighted by Gasteiger charge is -1.84. The first-order valence-electron chi connectivity index (χ1n) is 2.47. The van der Waals surface area contributed by atoms with Crippen LogP contribution >= 0.6 is 15.9 Å². The van der Waals surface area contributed by atoms with Crippen molar-refractivity contribution in [2.24, 2.45) is 0 Å². The van der Waals surface area contributed by atoms with E-state index in [1.807, 2.05) is 0 Å². The average molecular weight is 206 g/mol. The topological polar surface area (TPSA) is 78.9 Å². The van der Waals surface area contributed by atoms with Gasteiger partial charge in [0.25, 0.3) is 0 Å². The van der Waals surface area contributed by atoms with Gasteiger partial charge in [0.15, 0.2) is 0 Å². The van der Waals surface area contributed by atoms with Crippen LogP contribution in [0.4, 0.5) is 0 Å². The number of carboxylic acid groups (broad SMARTS) is 1. The fourth-order valence-corrected chi connectivity index (χ4v) is 0.797. The molecule has 0 fully saturated rings.